The van der Waals surface area contributed by atoms with Crippen molar-refractivity contribution in [1.82, 2.24) is 5.32 Å². The van der Waals surface area contributed by atoms with Gasteiger partial charge in [-0.05, 0) is 53.3 Å². The van der Waals surface area contributed by atoms with E-state index >= 15 is 0 Å². The highest BCUT2D eigenvalue weighted by molar-refractivity contribution is 5.94. The zero-order valence-electron chi connectivity index (χ0n) is 17.7. The Balaban J connectivity index is 1.51. The minimum atomic E-state index is -0.0733. The van der Waals surface area contributed by atoms with Crippen molar-refractivity contribution in [2.75, 3.05) is 0 Å². The quantitative estimate of drug-likeness (QED) is 0.580. The molecule has 0 aliphatic carbocycles. The molecule has 0 radical (unpaired) electrons. The fourth-order valence-electron chi connectivity index (χ4n) is 2.96. The van der Waals surface area contributed by atoms with Crippen LogP contribution < -0.4 is 10.1 Å². The Bertz CT molecular complexity index is 934. The van der Waals surface area contributed by atoms with Gasteiger partial charge >= 0.3 is 0 Å². The van der Waals surface area contributed by atoms with Crippen LogP contribution in [-0.2, 0) is 18.6 Å². The first-order valence-electron chi connectivity index (χ1n) is 9.97. The van der Waals surface area contributed by atoms with E-state index in [4.69, 9.17) is 4.74 Å². The molecule has 29 heavy (non-hydrogen) atoms. The summed E-state index contributed by atoms with van der Waals surface area (Å²) >= 11 is 0. The molecule has 0 aliphatic heterocycles. The van der Waals surface area contributed by atoms with Gasteiger partial charge in [0.05, 0.1) is 0 Å². The largest absolute Gasteiger partial charge is 0.489 e. The highest BCUT2D eigenvalue weighted by Crippen LogP contribution is 2.24. The van der Waals surface area contributed by atoms with E-state index in [-0.39, 0.29) is 11.3 Å². The van der Waals surface area contributed by atoms with E-state index in [0.29, 0.717) is 18.7 Å². The van der Waals surface area contributed by atoms with Crippen LogP contribution in [0.3, 0.4) is 0 Å². The summed E-state index contributed by atoms with van der Waals surface area (Å²) in [5, 5.41) is 2.96. The molecular formula is C26H29NO2. The van der Waals surface area contributed by atoms with Crippen LogP contribution in [0, 0.1) is 6.92 Å². The number of hydrogen-bond donors (Lipinski definition) is 1. The molecule has 3 aromatic carbocycles. The van der Waals surface area contributed by atoms with Gasteiger partial charge in [-0.25, -0.2) is 0 Å². The van der Waals surface area contributed by atoms with Crippen molar-refractivity contribution < 1.29 is 9.53 Å². The van der Waals surface area contributed by atoms with E-state index in [2.05, 4.69) is 45.1 Å². The molecule has 0 saturated heterocycles. The van der Waals surface area contributed by atoms with Crippen molar-refractivity contribution in [3.05, 3.63) is 101 Å². The van der Waals surface area contributed by atoms with E-state index in [0.717, 1.165) is 16.9 Å². The molecule has 0 unspecified atom stereocenters. The molecule has 0 aromatic heterocycles. The molecule has 0 saturated carbocycles. The van der Waals surface area contributed by atoms with Gasteiger partial charge < -0.3 is 10.1 Å². The fraction of sp³-hybridized carbons (Fsp3) is 0.269. The third-order valence-corrected chi connectivity index (χ3v) is 4.92. The standard InChI is InChI=1S/C26H29NO2/c1-19-5-7-20(8-6-19)17-27-25(28)22-11-9-21(10-12-22)18-29-24-15-13-23(14-16-24)26(2,3)4/h5-16H,17-18H2,1-4H3,(H,27,28). The van der Waals surface area contributed by atoms with Gasteiger partial charge in [0.25, 0.3) is 5.91 Å². The highest BCUT2D eigenvalue weighted by Gasteiger charge is 2.13. The van der Waals surface area contributed by atoms with Crippen LogP contribution in [0.4, 0.5) is 0 Å². The van der Waals surface area contributed by atoms with Gasteiger partial charge in [0, 0.05) is 12.1 Å². The van der Waals surface area contributed by atoms with Gasteiger partial charge in [0.1, 0.15) is 12.4 Å². The zero-order valence-corrected chi connectivity index (χ0v) is 17.7. The molecule has 0 fully saturated rings. The summed E-state index contributed by atoms with van der Waals surface area (Å²) in [4.78, 5) is 12.3. The average molecular weight is 388 g/mol. The molecule has 0 heterocycles. The van der Waals surface area contributed by atoms with Crippen LogP contribution in [0.25, 0.3) is 0 Å². The third-order valence-electron chi connectivity index (χ3n) is 4.92. The fourth-order valence-corrected chi connectivity index (χ4v) is 2.96. The van der Waals surface area contributed by atoms with Crippen molar-refractivity contribution >= 4 is 5.91 Å². The molecule has 0 atom stereocenters. The second kappa shape index (κ2) is 8.95. The Kier molecular flexibility index (Phi) is 6.38. The maximum atomic E-state index is 12.3. The Morgan fingerprint density at radius 2 is 1.41 bits per heavy atom. The van der Waals surface area contributed by atoms with Gasteiger partial charge in [-0.15, -0.1) is 0 Å². The molecule has 0 bridgehead atoms. The predicted octanol–water partition coefficient (Wildman–Crippen LogP) is 5.80. The second-order valence-electron chi connectivity index (χ2n) is 8.43. The lowest BCUT2D eigenvalue weighted by molar-refractivity contribution is 0.0951. The predicted molar refractivity (Wildman–Crippen MR) is 118 cm³/mol. The Labute approximate surface area is 173 Å². The van der Waals surface area contributed by atoms with Crippen LogP contribution in [0.15, 0.2) is 72.8 Å². The van der Waals surface area contributed by atoms with Gasteiger partial charge in [0.2, 0.25) is 0 Å². The maximum absolute atomic E-state index is 12.3. The number of carbonyl (C=O) groups excluding carboxylic acids is 1. The molecular weight excluding hydrogens is 358 g/mol. The van der Waals surface area contributed by atoms with Crippen molar-refractivity contribution in [1.29, 1.82) is 0 Å². The minimum absolute atomic E-state index is 0.0733. The van der Waals surface area contributed by atoms with Gasteiger partial charge in [0.15, 0.2) is 0 Å². The lowest BCUT2D eigenvalue weighted by Crippen LogP contribution is -2.22. The summed E-state index contributed by atoms with van der Waals surface area (Å²) in [7, 11) is 0. The van der Waals surface area contributed by atoms with Gasteiger partial charge in [-0.3, -0.25) is 4.79 Å². The number of aryl methyl sites for hydroxylation is 1. The van der Waals surface area contributed by atoms with Crippen LogP contribution in [-0.4, -0.2) is 5.91 Å². The minimum Gasteiger partial charge on any atom is -0.489 e. The summed E-state index contributed by atoms with van der Waals surface area (Å²) in [6.07, 6.45) is 0. The highest BCUT2D eigenvalue weighted by atomic mass is 16.5. The van der Waals surface area contributed by atoms with Crippen LogP contribution in [0.5, 0.6) is 5.75 Å². The summed E-state index contributed by atoms with van der Waals surface area (Å²) < 4.78 is 5.87. The lowest BCUT2D eigenvalue weighted by Gasteiger charge is -2.19. The number of hydrogen-bond acceptors (Lipinski definition) is 2. The van der Waals surface area contributed by atoms with Crippen molar-refractivity contribution in [2.45, 2.75) is 46.3 Å². The Morgan fingerprint density at radius 3 is 2.00 bits per heavy atom. The molecule has 3 heteroatoms. The first kappa shape index (κ1) is 20.7. The number of amides is 1. The topological polar surface area (TPSA) is 38.3 Å². The monoisotopic (exact) mass is 387 g/mol. The van der Waals surface area contributed by atoms with E-state index < -0.39 is 0 Å². The summed E-state index contributed by atoms with van der Waals surface area (Å²) in [6.45, 7) is 9.63. The van der Waals surface area contributed by atoms with Crippen molar-refractivity contribution in [3.63, 3.8) is 0 Å². The molecule has 1 N–H and O–H groups in total. The van der Waals surface area contributed by atoms with Crippen LogP contribution in [0.2, 0.25) is 0 Å². The molecule has 150 valence electrons. The number of benzene rings is 3. The first-order chi connectivity index (χ1) is 13.8. The molecule has 0 spiro atoms. The Morgan fingerprint density at radius 1 is 0.828 bits per heavy atom. The summed E-state index contributed by atoms with van der Waals surface area (Å²) in [5.41, 5.74) is 5.39. The average Bonchev–Trinajstić information content (AvgIpc) is 2.71. The number of rotatable bonds is 6. The van der Waals surface area contributed by atoms with Gasteiger partial charge in [-0.1, -0.05) is 74.9 Å². The van der Waals surface area contributed by atoms with E-state index in [1.165, 1.54) is 11.1 Å². The second-order valence-corrected chi connectivity index (χ2v) is 8.43. The van der Waals surface area contributed by atoms with E-state index in [9.17, 15) is 4.79 Å². The molecule has 3 rings (SSSR count). The summed E-state index contributed by atoms with van der Waals surface area (Å²) in [5.74, 6) is 0.772. The zero-order chi connectivity index (χ0) is 20.9. The molecule has 3 nitrogen and oxygen atoms in total. The lowest BCUT2D eigenvalue weighted by atomic mass is 9.87. The number of ether oxygens (including phenoxy) is 1. The molecule has 0 aliphatic rings. The SMILES string of the molecule is Cc1ccc(CNC(=O)c2ccc(COc3ccc(C(C)(C)C)cc3)cc2)cc1. The Hall–Kier alpha value is -3.07. The third kappa shape index (κ3) is 5.95. The maximum Gasteiger partial charge on any atom is 0.251 e. The normalized spacial score (nSPS) is 11.2. The van der Waals surface area contributed by atoms with Crippen LogP contribution in [0.1, 0.15) is 53.4 Å². The van der Waals surface area contributed by atoms with E-state index in [1.807, 2.05) is 60.7 Å². The van der Waals surface area contributed by atoms with Gasteiger partial charge in [-0.2, -0.15) is 0 Å². The molecule has 1 amide bonds. The van der Waals surface area contributed by atoms with Crippen molar-refractivity contribution in [3.8, 4) is 5.75 Å². The summed E-state index contributed by atoms with van der Waals surface area (Å²) in [6, 6.07) is 23.9. The first-order valence-corrected chi connectivity index (χ1v) is 9.97. The van der Waals surface area contributed by atoms with E-state index in [1.54, 1.807) is 0 Å². The van der Waals surface area contributed by atoms with Crippen LogP contribution >= 0.6 is 0 Å². The molecule has 3 aromatic rings. The number of carbonyl (C=O) groups is 1. The van der Waals surface area contributed by atoms with Crippen molar-refractivity contribution in [2.24, 2.45) is 0 Å². The number of nitrogens with one attached hydrogen (secondary N) is 1. The smallest absolute Gasteiger partial charge is 0.251 e.